The normalized spacial score (nSPS) is 17.8. The van der Waals surface area contributed by atoms with Crippen molar-refractivity contribution in [3.05, 3.63) is 71.8 Å². The maximum atomic E-state index is 13.2. The highest BCUT2D eigenvalue weighted by Gasteiger charge is 2.31. The molecule has 2 saturated heterocycles. The van der Waals surface area contributed by atoms with Crippen molar-refractivity contribution in [2.45, 2.75) is 25.9 Å². The van der Waals surface area contributed by atoms with Gasteiger partial charge in [0.1, 0.15) is 6.61 Å². The van der Waals surface area contributed by atoms with Gasteiger partial charge in [0.05, 0.1) is 6.54 Å². The van der Waals surface area contributed by atoms with Crippen molar-refractivity contribution in [3.8, 4) is 0 Å². The first kappa shape index (κ1) is 24.0. The van der Waals surface area contributed by atoms with E-state index in [0.29, 0.717) is 51.1 Å². The molecule has 0 saturated carbocycles. The molecule has 4 rings (SSSR count). The number of hydrogen-bond acceptors (Lipinski definition) is 5. The van der Waals surface area contributed by atoms with Crippen LogP contribution in [0.15, 0.2) is 60.7 Å². The molecule has 0 spiro atoms. The number of nitrogens with zero attached hydrogens (tertiary/aromatic N) is 3. The molecule has 180 valence electrons. The second-order valence-corrected chi connectivity index (χ2v) is 9.03. The predicted molar refractivity (Wildman–Crippen MR) is 129 cm³/mol. The number of benzene rings is 2. The van der Waals surface area contributed by atoms with Crippen molar-refractivity contribution in [2.24, 2.45) is 5.92 Å². The Labute approximate surface area is 201 Å². The summed E-state index contributed by atoms with van der Waals surface area (Å²) in [4.78, 5) is 43.9. The largest absolute Gasteiger partial charge is 0.460 e. The molecule has 0 unspecified atom stereocenters. The average molecular weight is 464 g/mol. The van der Waals surface area contributed by atoms with E-state index in [2.05, 4.69) is 4.90 Å². The molecular formula is C27H33N3O4. The number of hydrogen-bond donors (Lipinski definition) is 0. The smallest absolute Gasteiger partial charge is 0.320 e. The van der Waals surface area contributed by atoms with Crippen molar-refractivity contribution in [2.75, 3.05) is 45.8 Å². The minimum Gasteiger partial charge on any atom is -0.460 e. The monoisotopic (exact) mass is 463 g/mol. The van der Waals surface area contributed by atoms with E-state index >= 15 is 0 Å². The Hall–Kier alpha value is -3.19. The minimum absolute atomic E-state index is 0.0380. The number of carbonyl (C=O) groups excluding carboxylic acids is 3. The summed E-state index contributed by atoms with van der Waals surface area (Å²) in [5.74, 6) is -0.0577. The van der Waals surface area contributed by atoms with Crippen LogP contribution in [0.25, 0.3) is 0 Å². The van der Waals surface area contributed by atoms with Crippen molar-refractivity contribution >= 4 is 17.8 Å². The number of esters is 1. The lowest BCUT2D eigenvalue weighted by atomic mass is 9.94. The number of carbonyl (C=O) groups is 3. The van der Waals surface area contributed by atoms with Gasteiger partial charge in [-0.2, -0.15) is 0 Å². The fourth-order valence-corrected chi connectivity index (χ4v) is 4.67. The quantitative estimate of drug-likeness (QED) is 0.616. The lowest BCUT2D eigenvalue weighted by Gasteiger charge is -2.34. The SMILES string of the molecule is O=C(CN1CCCN(C(=O)C2CCN(C(=O)c3ccccc3)CC2)CC1)OCc1ccccc1. The highest BCUT2D eigenvalue weighted by Crippen LogP contribution is 2.22. The van der Waals surface area contributed by atoms with Crippen LogP contribution < -0.4 is 0 Å². The molecule has 2 amide bonds. The number of piperidine rings is 1. The fourth-order valence-electron chi connectivity index (χ4n) is 4.67. The van der Waals surface area contributed by atoms with Gasteiger partial charge in [0.25, 0.3) is 5.91 Å². The van der Waals surface area contributed by atoms with Gasteiger partial charge in [0, 0.05) is 50.7 Å². The van der Waals surface area contributed by atoms with E-state index in [-0.39, 0.29) is 36.9 Å². The van der Waals surface area contributed by atoms with Gasteiger partial charge >= 0.3 is 5.97 Å². The number of rotatable bonds is 6. The Morgan fingerprint density at radius 3 is 2.15 bits per heavy atom. The van der Waals surface area contributed by atoms with E-state index in [0.717, 1.165) is 18.5 Å². The van der Waals surface area contributed by atoms with Gasteiger partial charge in [-0.3, -0.25) is 19.3 Å². The summed E-state index contributed by atoms with van der Waals surface area (Å²) in [6.45, 7) is 4.50. The van der Waals surface area contributed by atoms with Gasteiger partial charge in [-0.05, 0) is 37.0 Å². The Kier molecular flexibility index (Phi) is 8.31. The maximum Gasteiger partial charge on any atom is 0.320 e. The van der Waals surface area contributed by atoms with Crippen LogP contribution in [0.3, 0.4) is 0 Å². The molecule has 0 bridgehead atoms. The first-order valence-corrected chi connectivity index (χ1v) is 12.1. The van der Waals surface area contributed by atoms with Crippen LogP contribution in [0.4, 0.5) is 0 Å². The van der Waals surface area contributed by atoms with E-state index < -0.39 is 0 Å². The molecule has 7 nitrogen and oxygen atoms in total. The summed E-state index contributed by atoms with van der Waals surface area (Å²) in [6.07, 6.45) is 2.23. The first-order valence-electron chi connectivity index (χ1n) is 12.1. The first-order chi connectivity index (χ1) is 16.6. The van der Waals surface area contributed by atoms with Gasteiger partial charge in [-0.25, -0.2) is 0 Å². The van der Waals surface area contributed by atoms with E-state index in [1.165, 1.54) is 0 Å². The van der Waals surface area contributed by atoms with Crippen LogP contribution >= 0.6 is 0 Å². The molecule has 2 aromatic rings. The molecule has 2 aliphatic rings. The molecule has 7 heteroatoms. The summed E-state index contributed by atoms with van der Waals surface area (Å²) in [7, 11) is 0. The van der Waals surface area contributed by atoms with Crippen molar-refractivity contribution in [1.29, 1.82) is 0 Å². The highest BCUT2D eigenvalue weighted by atomic mass is 16.5. The lowest BCUT2D eigenvalue weighted by molar-refractivity contribution is -0.146. The topological polar surface area (TPSA) is 70.2 Å². The van der Waals surface area contributed by atoms with Crippen LogP contribution in [0.2, 0.25) is 0 Å². The molecule has 2 heterocycles. The highest BCUT2D eigenvalue weighted by molar-refractivity contribution is 5.94. The third-order valence-corrected chi connectivity index (χ3v) is 6.65. The number of likely N-dealkylation sites (tertiary alicyclic amines) is 1. The standard InChI is InChI=1S/C27H33N3O4/c31-25(34-21-22-8-3-1-4-9-22)20-28-14-7-15-29(19-18-28)27(33)24-12-16-30(17-13-24)26(32)23-10-5-2-6-11-23/h1-6,8-11,24H,7,12-21H2. The Bertz CT molecular complexity index is 958. The third kappa shape index (κ3) is 6.44. The molecule has 2 aromatic carbocycles. The zero-order valence-corrected chi connectivity index (χ0v) is 19.6. The van der Waals surface area contributed by atoms with E-state index in [1.54, 1.807) is 0 Å². The van der Waals surface area contributed by atoms with Crippen LogP contribution in [0.1, 0.15) is 35.2 Å². The maximum absolute atomic E-state index is 13.2. The summed E-state index contributed by atoms with van der Waals surface area (Å²) >= 11 is 0. The number of ether oxygens (including phenoxy) is 1. The average Bonchev–Trinajstić information content (AvgIpc) is 3.13. The van der Waals surface area contributed by atoms with Crippen molar-refractivity contribution < 1.29 is 19.1 Å². The third-order valence-electron chi connectivity index (χ3n) is 6.65. The second-order valence-electron chi connectivity index (χ2n) is 9.03. The minimum atomic E-state index is -0.237. The Morgan fingerprint density at radius 1 is 0.765 bits per heavy atom. The van der Waals surface area contributed by atoms with E-state index in [9.17, 15) is 14.4 Å². The summed E-state index contributed by atoms with van der Waals surface area (Å²) in [5.41, 5.74) is 1.67. The molecule has 2 aliphatic heterocycles. The lowest BCUT2D eigenvalue weighted by Crippen LogP contribution is -2.45. The van der Waals surface area contributed by atoms with Gasteiger partial charge < -0.3 is 14.5 Å². The fraction of sp³-hybridized carbons (Fsp3) is 0.444. The molecule has 0 aromatic heterocycles. The molecule has 34 heavy (non-hydrogen) atoms. The molecular weight excluding hydrogens is 430 g/mol. The zero-order valence-electron chi connectivity index (χ0n) is 19.6. The van der Waals surface area contributed by atoms with E-state index in [4.69, 9.17) is 4.74 Å². The summed E-state index contributed by atoms with van der Waals surface area (Å²) in [5, 5.41) is 0. The van der Waals surface area contributed by atoms with Crippen LogP contribution in [0.5, 0.6) is 0 Å². The zero-order chi connectivity index (χ0) is 23.8. The summed E-state index contributed by atoms with van der Waals surface area (Å²) < 4.78 is 5.41. The van der Waals surface area contributed by atoms with Gasteiger partial charge in [-0.15, -0.1) is 0 Å². The molecule has 0 aliphatic carbocycles. The molecule has 0 atom stereocenters. The predicted octanol–water partition coefficient (Wildman–Crippen LogP) is 2.82. The Morgan fingerprint density at radius 2 is 1.44 bits per heavy atom. The van der Waals surface area contributed by atoms with Crippen molar-refractivity contribution in [1.82, 2.24) is 14.7 Å². The van der Waals surface area contributed by atoms with Gasteiger partial charge in [0.15, 0.2) is 0 Å². The Balaban J connectivity index is 1.20. The van der Waals surface area contributed by atoms with Gasteiger partial charge in [0.2, 0.25) is 5.91 Å². The summed E-state index contributed by atoms with van der Waals surface area (Å²) in [6, 6.07) is 19.0. The molecule has 0 N–H and O–H groups in total. The van der Waals surface area contributed by atoms with Crippen LogP contribution in [0, 0.1) is 5.92 Å². The van der Waals surface area contributed by atoms with E-state index in [1.807, 2.05) is 70.5 Å². The van der Waals surface area contributed by atoms with Crippen molar-refractivity contribution in [3.63, 3.8) is 0 Å². The van der Waals surface area contributed by atoms with Crippen LogP contribution in [-0.2, 0) is 20.9 Å². The molecule has 2 fully saturated rings. The molecule has 0 radical (unpaired) electrons. The second kappa shape index (κ2) is 11.8. The van der Waals surface area contributed by atoms with Crippen LogP contribution in [-0.4, -0.2) is 78.3 Å². The number of amides is 2. The van der Waals surface area contributed by atoms with Gasteiger partial charge in [-0.1, -0.05) is 48.5 Å².